The number of nitrogens with two attached hydrogens (primary N) is 2. The normalized spacial score (nSPS) is 13.7. The smallest absolute Gasteiger partial charge is 0.326 e. The zero-order valence-corrected chi connectivity index (χ0v) is 16.1. The van der Waals surface area contributed by atoms with Crippen LogP contribution in [0.5, 0.6) is 0 Å². The zero-order valence-electron chi connectivity index (χ0n) is 15.2. The van der Waals surface area contributed by atoms with Crippen LogP contribution in [0.15, 0.2) is 0 Å². The minimum Gasteiger partial charge on any atom is -0.481 e. The van der Waals surface area contributed by atoms with Gasteiger partial charge < -0.3 is 37.6 Å². The van der Waals surface area contributed by atoms with Gasteiger partial charge in [0.2, 0.25) is 17.7 Å². The van der Waals surface area contributed by atoms with E-state index >= 15 is 0 Å². The predicted molar refractivity (Wildman–Crippen MR) is 101 cm³/mol. The summed E-state index contributed by atoms with van der Waals surface area (Å²) in [6.07, 6.45) is 0.953. The molecule has 3 amide bonds. The van der Waals surface area contributed by atoms with Gasteiger partial charge >= 0.3 is 11.9 Å². The molecule has 0 aromatic carbocycles. The highest BCUT2D eigenvalue weighted by molar-refractivity contribution is 7.80. The maximum atomic E-state index is 12.1. The van der Waals surface area contributed by atoms with Crippen LogP contribution in [0.3, 0.4) is 0 Å². The molecule has 0 bridgehead atoms. The third-order valence-corrected chi connectivity index (χ3v) is 3.92. The lowest BCUT2D eigenvalue weighted by Gasteiger charge is -2.19. The fraction of sp³-hybridized carbons (Fsp3) is 0.667. The Hall–Kier alpha value is -2.38. The van der Waals surface area contributed by atoms with E-state index in [-0.39, 0.29) is 5.75 Å². The first kappa shape index (κ1) is 25.6. The second-order valence-electron chi connectivity index (χ2n) is 5.91. The number of carbonyl (C=O) groups excluding carboxylic acids is 3. The molecule has 28 heavy (non-hydrogen) atoms. The van der Waals surface area contributed by atoms with Gasteiger partial charge in [-0.25, -0.2) is 4.79 Å². The molecule has 0 aliphatic carbocycles. The lowest BCUT2D eigenvalue weighted by Crippen LogP contribution is -2.54. The molecule has 3 unspecified atom stereocenters. The molecule has 3 atom stereocenters. The highest BCUT2D eigenvalue weighted by atomic mass is 32.1. The van der Waals surface area contributed by atoms with Gasteiger partial charge in [-0.1, -0.05) is 6.42 Å². The van der Waals surface area contributed by atoms with Crippen LogP contribution in [0, 0.1) is 0 Å². The van der Waals surface area contributed by atoms with Crippen LogP contribution >= 0.6 is 12.6 Å². The number of nitrogens with one attached hydrogen (secondary N) is 3. The largest absolute Gasteiger partial charge is 0.481 e. The van der Waals surface area contributed by atoms with Gasteiger partial charge in [-0.3, -0.25) is 19.2 Å². The summed E-state index contributed by atoms with van der Waals surface area (Å²) in [5.41, 5.74) is 11.1. The number of unbranched alkanes of at least 4 members (excludes halogenated alkanes) is 1. The number of carboxylic acid groups (broad SMARTS) is 2. The van der Waals surface area contributed by atoms with Crippen molar-refractivity contribution in [1.82, 2.24) is 16.0 Å². The molecule has 0 saturated carbocycles. The Morgan fingerprint density at radius 1 is 0.964 bits per heavy atom. The lowest BCUT2D eigenvalue weighted by molar-refractivity contribution is -0.147. The highest BCUT2D eigenvalue weighted by Crippen LogP contribution is 1.99. The average Bonchev–Trinajstić information content (AvgIpc) is 2.62. The molecule has 160 valence electrons. The van der Waals surface area contributed by atoms with Crippen LogP contribution in [0.1, 0.15) is 25.7 Å². The predicted octanol–water partition coefficient (Wildman–Crippen LogP) is -2.98. The van der Waals surface area contributed by atoms with Crippen LogP contribution in [0.2, 0.25) is 0 Å². The first-order chi connectivity index (χ1) is 13.1. The molecule has 0 spiro atoms. The van der Waals surface area contributed by atoms with Crippen LogP contribution in [0.25, 0.3) is 0 Å². The molecule has 0 aromatic heterocycles. The van der Waals surface area contributed by atoms with E-state index in [0.717, 1.165) is 0 Å². The van der Waals surface area contributed by atoms with Crippen molar-refractivity contribution in [1.29, 1.82) is 0 Å². The topological polar surface area (TPSA) is 214 Å². The number of amides is 3. The summed E-state index contributed by atoms with van der Waals surface area (Å²) in [5, 5.41) is 24.1. The van der Waals surface area contributed by atoms with Crippen molar-refractivity contribution < 1.29 is 34.2 Å². The first-order valence-electron chi connectivity index (χ1n) is 8.50. The molecule has 13 heteroatoms. The molecule has 0 aromatic rings. The van der Waals surface area contributed by atoms with Crippen LogP contribution in [-0.2, 0) is 24.0 Å². The van der Waals surface area contributed by atoms with E-state index in [9.17, 15) is 24.0 Å². The summed E-state index contributed by atoms with van der Waals surface area (Å²) in [6.45, 7) is -0.127. The minimum absolute atomic E-state index is 0.0640. The van der Waals surface area contributed by atoms with Crippen LogP contribution in [0.4, 0.5) is 0 Å². The Balaban J connectivity index is 4.52. The molecule has 0 saturated heterocycles. The first-order valence-corrected chi connectivity index (χ1v) is 9.14. The molecule has 9 N–H and O–H groups in total. The quantitative estimate of drug-likeness (QED) is 0.106. The molecular weight excluding hydrogens is 394 g/mol. The molecular formula is C15H27N5O7S. The number of hydrogen-bond donors (Lipinski definition) is 8. The van der Waals surface area contributed by atoms with Gasteiger partial charge in [-0.2, -0.15) is 12.6 Å². The van der Waals surface area contributed by atoms with Crippen molar-refractivity contribution in [2.24, 2.45) is 11.5 Å². The van der Waals surface area contributed by atoms with Gasteiger partial charge in [0.05, 0.1) is 19.0 Å². The van der Waals surface area contributed by atoms with E-state index in [1.807, 2.05) is 5.32 Å². The van der Waals surface area contributed by atoms with Crippen molar-refractivity contribution in [3.63, 3.8) is 0 Å². The van der Waals surface area contributed by atoms with Crippen LogP contribution < -0.4 is 27.4 Å². The van der Waals surface area contributed by atoms with Gasteiger partial charge in [0.15, 0.2) is 0 Å². The van der Waals surface area contributed by atoms with Crippen molar-refractivity contribution in [2.45, 2.75) is 43.8 Å². The summed E-state index contributed by atoms with van der Waals surface area (Å²) in [4.78, 5) is 57.3. The summed E-state index contributed by atoms with van der Waals surface area (Å²) in [7, 11) is 0. The van der Waals surface area contributed by atoms with E-state index < -0.39 is 60.8 Å². The SMILES string of the molecule is NCCCCC(N)C(=O)NC(CS)C(=O)NCC(=O)NC(CC(=O)O)C(=O)O. The Labute approximate surface area is 167 Å². The molecule has 12 nitrogen and oxygen atoms in total. The van der Waals surface area contributed by atoms with Crippen molar-refractivity contribution in [3.05, 3.63) is 0 Å². The molecule has 0 aliphatic heterocycles. The number of thiol groups is 1. The highest BCUT2D eigenvalue weighted by Gasteiger charge is 2.25. The van der Waals surface area contributed by atoms with Gasteiger partial charge in [-0.15, -0.1) is 0 Å². The maximum Gasteiger partial charge on any atom is 0.326 e. The number of hydrogen-bond acceptors (Lipinski definition) is 8. The Bertz CT molecular complexity index is 575. The maximum absolute atomic E-state index is 12.1. The molecule has 0 heterocycles. The molecule has 0 fully saturated rings. The fourth-order valence-corrected chi connectivity index (χ4v) is 2.28. The zero-order chi connectivity index (χ0) is 21.7. The summed E-state index contributed by atoms with van der Waals surface area (Å²) >= 11 is 3.97. The number of carboxylic acids is 2. The Morgan fingerprint density at radius 3 is 2.11 bits per heavy atom. The molecule has 0 aliphatic rings. The van der Waals surface area contributed by atoms with Gasteiger partial charge in [0, 0.05) is 5.75 Å². The Kier molecular flexibility index (Phi) is 12.6. The van der Waals surface area contributed by atoms with E-state index in [0.29, 0.717) is 25.8 Å². The summed E-state index contributed by atoms with van der Waals surface area (Å²) < 4.78 is 0. The Morgan fingerprint density at radius 2 is 1.61 bits per heavy atom. The number of rotatable bonds is 14. The minimum atomic E-state index is -1.63. The summed E-state index contributed by atoms with van der Waals surface area (Å²) in [5.74, 6) is -5.17. The van der Waals surface area contributed by atoms with E-state index in [1.165, 1.54) is 0 Å². The van der Waals surface area contributed by atoms with E-state index in [1.54, 1.807) is 0 Å². The third kappa shape index (κ3) is 10.7. The average molecular weight is 421 g/mol. The van der Waals surface area contributed by atoms with Crippen molar-refractivity contribution >= 4 is 42.3 Å². The van der Waals surface area contributed by atoms with E-state index in [4.69, 9.17) is 21.7 Å². The van der Waals surface area contributed by atoms with Crippen molar-refractivity contribution in [2.75, 3.05) is 18.8 Å². The monoisotopic (exact) mass is 421 g/mol. The number of carbonyl (C=O) groups is 5. The second kappa shape index (κ2) is 13.7. The second-order valence-corrected chi connectivity index (χ2v) is 6.27. The molecule has 0 rings (SSSR count). The van der Waals surface area contributed by atoms with Crippen LogP contribution in [-0.4, -0.2) is 76.8 Å². The van der Waals surface area contributed by atoms with Crippen molar-refractivity contribution in [3.8, 4) is 0 Å². The fourth-order valence-electron chi connectivity index (χ4n) is 2.02. The summed E-state index contributed by atoms with van der Waals surface area (Å²) in [6, 6.07) is -3.51. The van der Waals surface area contributed by atoms with E-state index in [2.05, 4.69) is 23.3 Å². The van der Waals surface area contributed by atoms with Gasteiger partial charge in [-0.05, 0) is 19.4 Å². The lowest BCUT2D eigenvalue weighted by atomic mass is 10.1. The molecule has 0 radical (unpaired) electrons. The third-order valence-electron chi connectivity index (χ3n) is 3.56. The van der Waals surface area contributed by atoms with Gasteiger partial charge in [0.1, 0.15) is 12.1 Å². The van der Waals surface area contributed by atoms with Gasteiger partial charge in [0.25, 0.3) is 0 Å². The number of aliphatic carboxylic acids is 2. The standard InChI is InChI=1S/C15H27N5O7S/c16-4-2-1-3-8(17)13(24)20-10(7-28)14(25)18-6-11(21)19-9(15(26)27)5-12(22)23/h8-10,28H,1-7,16-17H2,(H,18,25)(H,19,21)(H,20,24)(H,22,23)(H,26,27).